The van der Waals surface area contributed by atoms with E-state index in [0.29, 0.717) is 25.2 Å². The maximum absolute atomic E-state index is 12.2. The average Bonchev–Trinajstić information content (AvgIpc) is 3.11. The van der Waals surface area contributed by atoms with Crippen LogP contribution in [-0.4, -0.2) is 49.7 Å². The van der Waals surface area contributed by atoms with Crippen molar-refractivity contribution in [3.63, 3.8) is 0 Å². The van der Waals surface area contributed by atoms with Gasteiger partial charge in [0.2, 0.25) is 5.91 Å². The van der Waals surface area contributed by atoms with E-state index in [9.17, 15) is 14.4 Å². The molecule has 0 aliphatic carbocycles. The largest absolute Gasteiger partial charge is 0.434 e. The Balaban J connectivity index is 1.78. The number of ether oxygens (including phenoxy) is 1. The highest BCUT2D eigenvalue weighted by molar-refractivity contribution is 6.03. The monoisotopic (exact) mass is 346 g/mol. The average molecular weight is 346 g/mol. The van der Waals surface area contributed by atoms with Gasteiger partial charge in [0.05, 0.1) is 13.0 Å². The van der Waals surface area contributed by atoms with Crippen molar-refractivity contribution >= 4 is 29.3 Å². The lowest BCUT2D eigenvalue weighted by atomic mass is 10.1. The summed E-state index contributed by atoms with van der Waals surface area (Å²) in [6.07, 6.45) is -1.12. The highest BCUT2D eigenvalue weighted by Crippen LogP contribution is 2.34. The van der Waals surface area contributed by atoms with E-state index in [0.717, 1.165) is 11.3 Å². The van der Waals surface area contributed by atoms with Crippen molar-refractivity contribution in [1.29, 1.82) is 0 Å². The fourth-order valence-electron chi connectivity index (χ4n) is 3.18. The van der Waals surface area contributed by atoms with Crippen LogP contribution in [0.3, 0.4) is 0 Å². The summed E-state index contributed by atoms with van der Waals surface area (Å²) in [6, 6.07) is 5.50. The predicted octanol–water partition coefficient (Wildman–Crippen LogP) is 0.384. The predicted molar refractivity (Wildman–Crippen MR) is 92.4 cm³/mol. The van der Waals surface area contributed by atoms with Crippen LogP contribution in [0.25, 0.3) is 0 Å². The normalized spacial score (nSPS) is 19.4. The topological polar surface area (TPSA) is 105 Å². The third kappa shape index (κ3) is 3.17. The number of nitrogens with zero attached hydrogens (tertiary/aromatic N) is 2. The second-order valence-electron chi connectivity index (χ2n) is 6.41. The molecule has 1 saturated heterocycles. The fraction of sp³-hybridized carbons (Fsp3) is 0.471. The van der Waals surface area contributed by atoms with Gasteiger partial charge in [-0.3, -0.25) is 14.5 Å². The molecule has 2 aliphatic heterocycles. The van der Waals surface area contributed by atoms with E-state index < -0.39 is 12.2 Å². The Morgan fingerprint density at radius 2 is 2.16 bits per heavy atom. The van der Waals surface area contributed by atoms with Gasteiger partial charge in [0, 0.05) is 30.5 Å². The minimum absolute atomic E-state index is 0.0465. The second kappa shape index (κ2) is 6.72. The van der Waals surface area contributed by atoms with Crippen molar-refractivity contribution < 1.29 is 19.1 Å². The summed E-state index contributed by atoms with van der Waals surface area (Å²) in [5, 5.41) is 2.61. The Hall–Kier alpha value is -2.61. The molecule has 8 nitrogen and oxygen atoms in total. The van der Waals surface area contributed by atoms with Crippen LogP contribution in [-0.2, 0) is 20.7 Å². The number of carbonyl (C=O) groups is 3. The van der Waals surface area contributed by atoms with Crippen molar-refractivity contribution in [2.45, 2.75) is 32.4 Å². The van der Waals surface area contributed by atoms with Crippen LogP contribution in [0.2, 0.25) is 0 Å². The van der Waals surface area contributed by atoms with Crippen LogP contribution < -0.4 is 20.9 Å². The van der Waals surface area contributed by atoms with Crippen LogP contribution in [0.1, 0.15) is 19.4 Å². The van der Waals surface area contributed by atoms with Gasteiger partial charge in [0.25, 0.3) is 5.91 Å². The molecule has 3 rings (SSSR count). The zero-order valence-electron chi connectivity index (χ0n) is 14.3. The summed E-state index contributed by atoms with van der Waals surface area (Å²) in [7, 11) is 0. The molecule has 2 aliphatic rings. The van der Waals surface area contributed by atoms with Gasteiger partial charge < -0.3 is 20.7 Å². The van der Waals surface area contributed by atoms with Crippen LogP contribution in [0.4, 0.5) is 16.2 Å². The first-order valence-corrected chi connectivity index (χ1v) is 8.33. The molecule has 0 radical (unpaired) electrons. The van der Waals surface area contributed by atoms with Crippen molar-refractivity contribution in [3.8, 4) is 0 Å². The highest BCUT2D eigenvalue weighted by atomic mass is 16.6. The van der Waals surface area contributed by atoms with Crippen molar-refractivity contribution in [2.24, 2.45) is 5.73 Å². The summed E-state index contributed by atoms with van der Waals surface area (Å²) >= 11 is 0. The zero-order chi connectivity index (χ0) is 18.1. The van der Waals surface area contributed by atoms with E-state index >= 15 is 0 Å². The van der Waals surface area contributed by atoms with Crippen LogP contribution >= 0.6 is 0 Å². The smallest absolute Gasteiger partial charge is 0.415 e. The molecule has 0 bridgehead atoms. The van der Waals surface area contributed by atoms with Crippen molar-refractivity contribution in [3.05, 3.63) is 23.8 Å². The van der Waals surface area contributed by atoms with Crippen molar-refractivity contribution in [2.75, 3.05) is 29.4 Å². The molecule has 0 saturated carbocycles. The van der Waals surface area contributed by atoms with Gasteiger partial charge in [0.15, 0.2) is 6.10 Å². The van der Waals surface area contributed by atoms with Crippen LogP contribution in [0.5, 0.6) is 0 Å². The molecule has 1 aromatic rings. The molecule has 0 spiro atoms. The minimum atomic E-state index is -0.860. The molecule has 25 heavy (non-hydrogen) atoms. The molecule has 0 unspecified atom stereocenters. The second-order valence-corrected chi connectivity index (χ2v) is 6.41. The summed E-state index contributed by atoms with van der Waals surface area (Å²) in [5.74, 6) is -0.311. The number of amides is 3. The Bertz CT molecular complexity index is 719. The first-order valence-electron chi connectivity index (χ1n) is 8.33. The molecule has 0 aromatic heterocycles. The summed E-state index contributed by atoms with van der Waals surface area (Å²) in [4.78, 5) is 39.4. The standard InChI is InChI=1S/C17H22N4O4/c1-10(2)21-13-4-3-12(7-11(13)8-15(21)22)20-9-14(25-17(20)24)16(23)19-6-5-18/h3-4,7,10,14H,5-6,8-9,18H2,1-2H3,(H,19,23)/t14-/m0/s1. The van der Waals surface area contributed by atoms with Crippen LogP contribution in [0.15, 0.2) is 18.2 Å². The maximum Gasteiger partial charge on any atom is 0.415 e. The number of benzene rings is 1. The molecule has 1 fully saturated rings. The third-order valence-electron chi connectivity index (χ3n) is 4.31. The number of carbonyl (C=O) groups excluding carboxylic acids is 3. The van der Waals surface area contributed by atoms with E-state index in [1.54, 1.807) is 11.0 Å². The molecule has 3 amide bonds. The third-order valence-corrected chi connectivity index (χ3v) is 4.31. The highest BCUT2D eigenvalue weighted by Gasteiger charge is 2.38. The Kier molecular flexibility index (Phi) is 4.63. The number of hydrogen-bond donors (Lipinski definition) is 2. The summed E-state index contributed by atoms with van der Waals surface area (Å²) in [5.41, 5.74) is 7.72. The molecule has 2 heterocycles. The number of rotatable bonds is 5. The number of fused-ring (bicyclic) bond motifs is 1. The SMILES string of the molecule is CC(C)N1C(=O)Cc2cc(N3C[C@@H](C(=O)NCCN)OC3=O)ccc21. The molecule has 8 heteroatoms. The first-order chi connectivity index (χ1) is 11.9. The quantitative estimate of drug-likeness (QED) is 0.802. The van der Waals surface area contributed by atoms with Gasteiger partial charge in [-0.05, 0) is 37.6 Å². The number of hydrogen-bond acceptors (Lipinski definition) is 5. The van der Waals surface area contributed by atoms with Gasteiger partial charge in [-0.15, -0.1) is 0 Å². The van der Waals surface area contributed by atoms with E-state index in [4.69, 9.17) is 10.5 Å². The first kappa shape index (κ1) is 17.2. The van der Waals surface area contributed by atoms with E-state index in [2.05, 4.69) is 5.32 Å². The van der Waals surface area contributed by atoms with Gasteiger partial charge in [-0.1, -0.05) is 0 Å². The lowest BCUT2D eigenvalue weighted by molar-refractivity contribution is -0.127. The lowest BCUT2D eigenvalue weighted by Gasteiger charge is -2.22. The fourth-order valence-corrected chi connectivity index (χ4v) is 3.18. The van der Waals surface area contributed by atoms with Gasteiger partial charge in [-0.2, -0.15) is 0 Å². The minimum Gasteiger partial charge on any atom is -0.434 e. The number of nitrogens with one attached hydrogen (secondary N) is 1. The number of anilines is 2. The summed E-state index contributed by atoms with van der Waals surface area (Å²) < 4.78 is 5.14. The van der Waals surface area contributed by atoms with Gasteiger partial charge in [0.1, 0.15) is 0 Å². The molecule has 1 aromatic carbocycles. The molecule has 1 atom stereocenters. The van der Waals surface area contributed by atoms with Gasteiger partial charge in [-0.25, -0.2) is 4.79 Å². The van der Waals surface area contributed by atoms with Crippen molar-refractivity contribution in [1.82, 2.24) is 5.32 Å². The van der Waals surface area contributed by atoms with E-state index in [1.165, 1.54) is 4.90 Å². The van der Waals surface area contributed by atoms with E-state index in [1.807, 2.05) is 26.0 Å². The molecular weight excluding hydrogens is 324 g/mol. The number of cyclic esters (lactones) is 1. The Labute approximate surface area is 145 Å². The summed E-state index contributed by atoms with van der Waals surface area (Å²) in [6.45, 7) is 4.71. The molecular formula is C17H22N4O4. The maximum atomic E-state index is 12.2. The lowest BCUT2D eigenvalue weighted by Crippen LogP contribution is -2.39. The molecule has 3 N–H and O–H groups in total. The zero-order valence-corrected chi connectivity index (χ0v) is 14.3. The van der Waals surface area contributed by atoms with E-state index in [-0.39, 0.29) is 24.4 Å². The van der Waals surface area contributed by atoms with Crippen LogP contribution in [0, 0.1) is 0 Å². The Morgan fingerprint density at radius 3 is 2.84 bits per heavy atom. The Morgan fingerprint density at radius 1 is 1.40 bits per heavy atom. The molecule has 134 valence electrons. The van der Waals surface area contributed by atoms with Gasteiger partial charge >= 0.3 is 6.09 Å². The number of nitrogens with two attached hydrogens (primary N) is 1.